The van der Waals surface area contributed by atoms with E-state index >= 15 is 0 Å². The number of benzene rings is 2. The Balaban J connectivity index is 1.59. The van der Waals surface area contributed by atoms with Crippen molar-refractivity contribution in [1.29, 1.82) is 0 Å². The molecule has 0 saturated heterocycles. The van der Waals surface area contributed by atoms with Crippen LogP contribution in [0.5, 0.6) is 0 Å². The van der Waals surface area contributed by atoms with E-state index < -0.39 is 11.5 Å². The van der Waals surface area contributed by atoms with Gasteiger partial charge in [0.2, 0.25) is 11.5 Å². The van der Waals surface area contributed by atoms with Crippen LogP contribution in [0, 0.1) is 0 Å². The van der Waals surface area contributed by atoms with Crippen LogP contribution in [-0.4, -0.2) is 27.9 Å². The van der Waals surface area contributed by atoms with E-state index in [-0.39, 0.29) is 29.3 Å². The number of fused-ring (bicyclic) bond motifs is 3. The first kappa shape index (κ1) is 20.6. The van der Waals surface area contributed by atoms with Gasteiger partial charge in [-0.2, -0.15) is 0 Å². The molecule has 2 aromatic carbocycles. The number of halogens is 1. The average molecular weight is 439 g/mol. The van der Waals surface area contributed by atoms with Crippen molar-refractivity contribution >= 4 is 51.2 Å². The Morgan fingerprint density at radius 3 is 2.81 bits per heavy atom. The highest BCUT2D eigenvalue weighted by Gasteiger charge is 2.17. The van der Waals surface area contributed by atoms with Gasteiger partial charge in [0.15, 0.2) is 0 Å². The van der Waals surface area contributed by atoms with Gasteiger partial charge >= 0.3 is 0 Å². The molecule has 0 aliphatic heterocycles. The van der Waals surface area contributed by atoms with Crippen molar-refractivity contribution < 1.29 is 14.0 Å². The molecule has 0 atom stereocenters. The van der Waals surface area contributed by atoms with Gasteiger partial charge in [0.25, 0.3) is 11.5 Å². The lowest BCUT2D eigenvalue weighted by molar-refractivity contribution is -0.116. The summed E-state index contributed by atoms with van der Waals surface area (Å²) in [4.78, 5) is 42.1. The normalized spacial score (nSPS) is 11.0. The number of aromatic nitrogens is 2. The zero-order valence-electron chi connectivity index (χ0n) is 16.6. The molecule has 8 nitrogen and oxygen atoms in total. The lowest BCUT2D eigenvalue weighted by Gasteiger charge is -2.12. The molecule has 2 N–H and O–H groups in total. The maximum absolute atomic E-state index is 12.8. The minimum atomic E-state index is -0.508. The smallest absolute Gasteiger partial charge is 0.297 e. The van der Waals surface area contributed by atoms with Crippen LogP contribution in [0.3, 0.4) is 0 Å². The minimum Gasteiger partial charge on any atom is -0.448 e. The van der Waals surface area contributed by atoms with Crippen molar-refractivity contribution in [3.8, 4) is 0 Å². The third-order valence-electron chi connectivity index (χ3n) is 4.70. The highest BCUT2D eigenvalue weighted by atomic mass is 35.5. The van der Waals surface area contributed by atoms with Gasteiger partial charge in [0, 0.05) is 17.0 Å². The number of carbonyl (C=O) groups excluding carboxylic acids is 2. The zero-order valence-corrected chi connectivity index (χ0v) is 17.4. The number of nitrogens with zero attached hydrogens (tertiary/aromatic N) is 2. The van der Waals surface area contributed by atoms with Crippen molar-refractivity contribution in [2.75, 3.05) is 11.9 Å². The van der Waals surface area contributed by atoms with Crippen molar-refractivity contribution in [2.45, 2.75) is 19.9 Å². The summed E-state index contributed by atoms with van der Waals surface area (Å²) in [5, 5.41) is 6.51. The predicted molar refractivity (Wildman–Crippen MR) is 118 cm³/mol. The number of carbonyl (C=O) groups is 2. The Bertz CT molecular complexity index is 1360. The van der Waals surface area contributed by atoms with Crippen molar-refractivity contribution in [3.63, 3.8) is 0 Å². The summed E-state index contributed by atoms with van der Waals surface area (Å²) in [6.07, 6.45) is 2.08. The fraction of sp³-hybridized carbons (Fsp3) is 0.182. The number of anilines is 1. The van der Waals surface area contributed by atoms with Gasteiger partial charge in [-0.05, 0) is 36.8 Å². The van der Waals surface area contributed by atoms with Crippen LogP contribution in [0.25, 0.3) is 22.1 Å². The second-order valence-corrected chi connectivity index (χ2v) is 7.38. The Morgan fingerprint density at radius 1 is 1.19 bits per heavy atom. The first-order valence-electron chi connectivity index (χ1n) is 9.72. The van der Waals surface area contributed by atoms with E-state index in [1.807, 2.05) is 19.1 Å². The summed E-state index contributed by atoms with van der Waals surface area (Å²) in [7, 11) is 0. The van der Waals surface area contributed by atoms with Crippen LogP contribution in [0.4, 0.5) is 5.69 Å². The van der Waals surface area contributed by atoms with Crippen LogP contribution in [0.15, 0.2) is 58.0 Å². The number of para-hydroxylation sites is 1. The molecule has 0 saturated carbocycles. The molecule has 4 aromatic rings. The summed E-state index contributed by atoms with van der Waals surface area (Å²) in [6, 6.07) is 11.8. The van der Waals surface area contributed by atoms with E-state index in [1.165, 1.54) is 18.5 Å². The lowest BCUT2D eigenvalue weighted by atomic mass is 10.1. The molecular formula is C22H19ClN4O4. The Labute approximate surface area is 181 Å². The maximum atomic E-state index is 12.8. The molecule has 0 fully saturated rings. The van der Waals surface area contributed by atoms with E-state index in [0.29, 0.717) is 22.7 Å². The molecule has 9 heteroatoms. The Hall–Kier alpha value is -3.65. The van der Waals surface area contributed by atoms with E-state index in [1.54, 1.807) is 18.2 Å². The van der Waals surface area contributed by atoms with E-state index in [4.69, 9.17) is 16.0 Å². The first-order valence-corrected chi connectivity index (χ1v) is 10.1. The standard InChI is InChI=1S/C22H19ClN4O4/c1-2-9-24-21(29)14-8-7-13(23)10-16(14)26-18(28)11-27-12-25-19-15-5-3-4-6-17(15)31-20(19)22(27)30/h3-8,10,12H,2,9,11H2,1H3,(H,24,29)(H,26,28). The second-order valence-electron chi connectivity index (χ2n) is 6.95. The van der Waals surface area contributed by atoms with Crippen molar-refractivity contribution in [2.24, 2.45) is 0 Å². The molecule has 0 aliphatic rings. The molecule has 2 heterocycles. The molecule has 0 unspecified atom stereocenters. The largest absolute Gasteiger partial charge is 0.448 e. The molecule has 0 aliphatic carbocycles. The predicted octanol–water partition coefficient (Wildman–Crippen LogP) is 3.57. The maximum Gasteiger partial charge on any atom is 0.297 e. The molecular weight excluding hydrogens is 420 g/mol. The average Bonchev–Trinajstić information content (AvgIpc) is 3.13. The van der Waals surface area contributed by atoms with Crippen LogP contribution in [-0.2, 0) is 11.3 Å². The second kappa shape index (κ2) is 8.61. The molecule has 2 aromatic heterocycles. The van der Waals surface area contributed by atoms with Gasteiger partial charge in [-0.25, -0.2) is 4.98 Å². The number of hydrogen-bond donors (Lipinski definition) is 2. The van der Waals surface area contributed by atoms with Crippen LogP contribution >= 0.6 is 11.6 Å². The Morgan fingerprint density at radius 2 is 2.00 bits per heavy atom. The van der Waals surface area contributed by atoms with Crippen LogP contribution < -0.4 is 16.2 Å². The third-order valence-corrected chi connectivity index (χ3v) is 4.94. The van der Waals surface area contributed by atoms with Crippen LogP contribution in [0.2, 0.25) is 5.02 Å². The zero-order chi connectivity index (χ0) is 22.0. The fourth-order valence-corrected chi connectivity index (χ4v) is 3.40. The van der Waals surface area contributed by atoms with Gasteiger partial charge in [-0.3, -0.25) is 19.0 Å². The molecule has 158 valence electrons. The number of amides is 2. The van der Waals surface area contributed by atoms with Gasteiger partial charge in [0.05, 0.1) is 17.6 Å². The Kier molecular flexibility index (Phi) is 5.73. The molecule has 0 bridgehead atoms. The van der Waals surface area contributed by atoms with E-state index in [0.717, 1.165) is 16.4 Å². The molecule has 2 amide bonds. The van der Waals surface area contributed by atoms with Gasteiger partial charge in [-0.1, -0.05) is 30.7 Å². The fourth-order valence-electron chi connectivity index (χ4n) is 3.22. The third kappa shape index (κ3) is 4.15. The van der Waals surface area contributed by atoms with Gasteiger partial charge in [-0.15, -0.1) is 0 Å². The first-order chi connectivity index (χ1) is 15.0. The summed E-state index contributed by atoms with van der Waals surface area (Å²) in [5.74, 6) is -0.831. The number of nitrogens with one attached hydrogen (secondary N) is 2. The van der Waals surface area contributed by atoms with E-state index in [9.17, 15) is 14.4 Å². The SMILES string of the molecule is CCCNC(=O)c1ccc(Cl)cc1NC(=O)Cn1cnc2c(oc3ccccc32)c1=O. The van der Waals surface area contributed by atoms with Crippen molar-refractivity contribution in [3.05, 3.63) is 69.7 Å². The number of hydrogen-bond acceptors (Lipinski definition) is 5. The molecule has 0 spiro atoms. The monoisotopic (exact) mass is 438 g/mol. The highest BCUT2D eigenvalue weighted by Crippen LogP contribution is 2.24. The summed E-state index contributed by atoms with van der Waals surface area (Å²) in [5.41, 5.74) is 1.15. The van der Waals surface area contributed by atoms with Gasteiger partial charge in [0.1, 0.15) is 17.6 Å². The minimum absolute atomic E-state index is 0.0823. The van der Waals surface area contributed by atoms with Gasteiger partial charge < -0.3 is 15.1 Å². The molecule has 4 rings (SSSR count). The van der Waals surface area contributed by atoms with Crippen molar-refractivity contribution in [1.82, 2.24) is 14.9 Å². The summed E-state index contributed by atoms with van der Waals surface area (Å²) in [6.45, 7) is 2.14. The number of rotatable bonds is 6. The number of furan rings is 1. The topological polar surface area (TPSA) is 106 Å². The molecule has 31 heavy (non-hydrogen) atoms. The summed E-state index contributed by atoms with van der Waals surface area (Å²) >= 11 is 6.04. The highest BCUT2D eigenvalue weighted by molar-refractivity contribution is 6.31. The van der Waals surface area contributed by atoms with Crippen LogP contribution in [0.1, 0.15) is 23.7 Å². The molecule has 0 radical (unpaired) electrons. The summed E-state index contributed by atoms with van der Waals surface area (Å²) < 4.78 is 6.78. The quantitative estimate of drug-likeness (QED) is 0.478. The van der Waals surface area contributed by atoms with E-state index in [2.05, 4.69) is 15.6 Å². The lowest BCUT2D eigenvalue weighted by Crippen LogP contribution is -2.29.